The maximum Gasteiger partial charge on any atom is 0.220 e. The smallest absolute Gasteiger partial charge is 0.220 e. The van der Waals surface area contributed by atoms with Crippen molar-refractivity contribution in [2.24, 2.45) is 0 Å². The van der Waals surface area contributed by atoms with Gasteiger partial charge in [-0.2, -0.15) is 0 Å². The molecule has 1 atom stereocenters. The molecule has 0 aromatic carbocycles. The van der Waals surface area contributed by atoms with Gasteiger partial charge in [-0.25, -0.2) is 0 Å². The Morgan fingerprint density at radius 3 is 2.81 bits per heavy atom. The van der Waals surface area contributed by atoms with Crippen LogP contribution in [-0.4, -0.2) is 35.9 Å². The van der Waals surface area contributed by atoms with E-state index in [4.69, 9.17) is 9.84 Å². The summed E-state index contributed by atoms with van der Waals surface area (Å²) in [5.41, 5.74) is 0. The Balaban J connectivity index is 1.56. The Kier molecular flexibility index (Phi) is 4.18. The van der Waals surface area contributed by atoms with Gasteiger partial charge in [0.05, 0.1) is 12.2 Å². The molecule has 0 spiro atoms. The minimum atomic E-state index is -0.202. The zero-order valence-electron chi connectivity index (χ0n) is 9.65. The number of ether oxygens (including phenoxy) is 1. The molecule has 0 aromatic rings. The van der Waals surface area contributed by atoms with Gasteiger partial charge in [0.2, 0.25) is 5.91 Å². The van der Waals surface area contributed by atoms with Crippen LogP contribution >= 0.6 is 0 Å². The Morgan fingerprint density at radius 2 is 2.19 bits per heavy atom. The lowest BCUT2D eigenvalue weighted by atomic mass is 9.89. The molecule has 4 nitrogen and oxygen atoms in total. The summed E-state index contributed by atoms with van der Waals surface area (Å²) in [5.74, 6) is 0.103. The van der Waals surface area contributed by atoms with Crippen molar-refractivity contribution in [3.63, 3.8) is 0 Å². The predicted molar refractivity (Wildman–Crippen MR) is 60.0 cm³/mol. The molecular formula is C12H21NO3. The number of amides is 1. The summed E-state index contributed by atoms with van der Waals surface area (Å²) in [6.07, 6.45) is 6.37. The lowest BCUT2D eigenvalue weighted by molar-refractivity contribution is -0.124. The standard InChI is InChI=1S/C12H21NO3/c14-10-7-9(8-10)13-12(15)5-4-11-3-1-2-6-16-11/h9-11,14H,1-8H2,(H,13,15). The molecule has 1 saturated carbocycles. The summed E-state index contributed by atoms with van der Waals surface area (Å²) in [6, 6.07) is 0.203. The molecule has 0 radical (unpaired) electrons. The van der Waals surface area contributed by atoms with Crippen molar-refractivity contribution in [1.82, 2.24) is 5.32 Å². The lowest BCUT2D eigenvalue weighted by Crippen LogP contribution is -2.46. The van der Waals surface area contributed by atoms with Gasteiger partial charge in [0.25, 0.3) is 0 Å². The first kappa shape index (κ1) is 11.9. The van der Waals surface area contributed by atoms with Crippen molar-refractivity contribution >= 4 is 5.91 Å². The van der Waals surface area contributed by atoms with Gasteiger partial charge in [-0.05, 0) is 38.5 Å². The van der Waals surface area contributed by atoms with E-state index >= 15 is 0 Å². The van der Waals surface area contributed by atoms with Crippen molar-refractivity contribution in [1.29, 1.82) is 0 Å². The summed E-state index contributed by atoms with van der Waals surface area (Å²) < 4.78 is 5.57. The monoisotopic (exact) mass is 227 g/mol. The minimum absolute atomic E-state index is 0.103. The van der Waals surface area contributed by atoms with E-state index in [9.17, 15) is 4.79 Å². The molecule has 1 saturated heterocycles. The van der Waals surface area contributed by atoms with E-state index < -0.39 is 0 Å². The third-order valence-electron chi connectivity index (χ3n) is 3.45. The average molecular weight is 227 g/mol. The lowest BCUT2D eigenvalue weighted by Gasteiger charge is -2.32. The summed E-state index contributed by atoms with van der Waals surface area (Å²) >= 11 is 0. The highest BCUT2D eigenvalue weighted by atomic mass is 16.5. The van der Waals surface area contributed by atoms with Crippen molar-refractivity contribution < 1.29 is 14.6 Å². The van der Waals surface area contributed by atoms with Crippen molar-refractivity contribution in [2.75, 3.05) is 6.61 Å². The van der Waals surface area contributed by atoms with Crippen LogP contribution in [0.25, 0.3) is 0 Å². The van der Waals surface area contributed by atoms with Gasteiger partial charge in [0.15, 0.2) is 0 Å². The van der Waals surface area contributed by atoms with Gasteiger partial charge in [0, 0.05) is 19.1 Å². The van der Waals surface area contributed by atoms with Crippen LogP contribution in [0, 0.1) is 0 Å². The fourth-order valence-corrected chi connectivity index (χ4v) is 2.33. The molecule has 1 heterocycles. The van der Waals surface area contributed by atoms with E-state index in [1.165, 1.54) is 6.42 Å². The van der Waals surface area contributed by atoms with Gasteiger partial charge < -0.3 is 15.2 Å². The molecule has 1 unspecified atom stereocenters. The van der Waals surface area contributed by atoms with Gasteiger partial charge in [-0.3, -0.25) is 4.79 Å². The molecule has 2 rings (SSSR count). The molecule has 0 aromatic heterocycles. The first-order chi connectivity index (χ1) is 7.74. The number of carbonyl (C=O) groups is 1. The molecule has 2 fully saturated rings. The highest BCUT2D eigenvalue weighted by molar-refractivity contribution is 5.76. The number of carbonyl (C=O) groups excluding carboxylic acids is 1. The van der Waals surface area contributed by atoms with E-state index in [0.717, 1.165) is 25.9 Å². The zero-order valence-corrected chi connectivity index (χ0v) is 9.65. The zero-order chi connectivity index (χ0) is 11.4. The normalized spacial score (nSPS) is 34.2. The highest BCUT2D eigenvalue weighted by Crippen LogP contribution is 2.20. The summed E-state index contributed by atoms with van der Waals surface area (Å²) in [5, 5.41) is 12.0. The molecule has 92 valence electrons. The maximum atomic E-state index is 11.5. The molecule has 2 aliphatic rings. The van der Waals surface area contributed by atoms with Crippen LogP contribution < -0.4 is 5.32 Å². The van der Waals surface area contributed by atoms with Gasteiger partial charge in [-0.15, -0.1) is 0 Å². The summed E-state index contributed by atoms with van der Waals surface area (Å²) in [6.45, 7) is 0.848. The molecule has 0 bridgehead atoms. The van der Waals surface area contributed by atoms with Crippen LogP contribution in [0.2, 0.25) is 0 Å². The largest absolute Gasteiger partial charge is 0.393 e. The van der Waals surface area contributed by atoms with E-state index in [1.807, 2.05) is 0 Å². The predicted octanol–water partition coefficient (Wildman–Crippen LogP) is 0.975. The Hall–Kier alpha value is -0.610. The molecule has 1 aliphatic heterocycles. The average Bonchev–Trinajstić information content (AvgIpc) is 2.26. The maximum absolute atomic E-state index is 11.5. The van der Waals surface area contributed by atoms with E-state index in [0.29, 0.717) is 19.3 Å². The van der Waals surface area contributed by atoms with Crippen LogP contribution in [0.4, 0.5) is 0 Å². The second kappa shape index (κ2) is 5.64. The molecule has 4 heteroatoms. The topological polar surface area (TPSA) is 58.6 Å². The Morgan fingerprint density at radius 1 is 1.38 bits per heavy atom. The van der Waals surface area contributed by atoms with E-state index in [1.54, 1.807) is 0 Å². The second-order valence-corrected chi connectivity index (χ2v) is 4.92. The van der Waals surface area contributed by atoms with Gasteiger partial charge >= 0.3 is 0 Å². The third kappa shape index (κ3) is 3.46. The number of aliphatic hydroxyl groups excluding tert-OH is 1. The third-order valence-corrected chi connectivity index (χ3v) is 3.45. The molecule has 1 aliphatic carbocycles. The molecular weight excluding hydrogens is 206 g/mol. The first-order valence-electron chi connectivity index (χ1n) is 6.33. The molecule has 2 N–H and O–H groups in total. The summed E-state index contributed by atoms with van der Waals surface area (Å²) in [7, 11) is 0. The quantitative estimate of drug-likeness (QED) is 0.752. The van der Waals surface area contributed by atoms with Crippen LogP contribution in [-0.2, 0) is 9.53 Å². The Labute approximate surface area is 96.4 Å². The van der Waals surface area contributed by atoms with Gasteiger partial charge in [0.1, 0.15) is 0 Å². The first-order valence-corrected chi connectivity index (χ1v) is 6.33. The SMILES string of the molecule is O=C(CCC1CCCCO1)NC1CC(O)C1. The Bertz CT molecular complexity index is 232. The second-order valence-electron chi connectivity index (χ2n) is 4.92. The van der Waals surface area contributed by atoms with E-state index in [2.05, 4.69) is 5.32 Å². The fourth-order valence-electron chi connectivity index (χ4n) is 2.33. The number of hydrogen-bond donors (Lipinski definition) is 2. The number of rotatable bonds is 4. The van der Waals surface area contributed by atoms with Crippen molar-refractivity contribution in [3.05, 3.63) is 0 Å². The fraction of sp³-hybridized carbons (Fsp3) is 0.917. The number of aliphatic hydroxyl groups is 1. The van der Waals surface area contributed by atoms with Crippen LogP contribution in [0.1, 0.15) is 44.9 Å². The van der Waals surface area contributed by atoms with Crippen LogP contribution in [0.15, 0.2) is 0 Å². The highest BCUT2D eigenvalue weighted by Gasteiger charge is 2.28. The van der Waals surface area contributed by atoms with Gasteiger partial charge in [-0.1, -0.05) is 0 Å². The summed E-state index contributed by atoms with van der Waals surface area (Å²) in [4.78, 5) is 11.5. The van der Waals surface area contributed by atoms with Crippen molar-refractivity contribution in [3.8, 4) is 0 Å². The number of hydrogen-bond acceptors (Lipinski definition) is 3. The van der Waals surface area contributed by atoms with Crippen LogP contribution in [0.5, 0.6) is 0 Å². The van der Waals surface area contributed by atoms with E-state index in [-0.39, 0.29) is 24.2 Å². The number of nitrogens with one attached hydrogen (secondary N) is 1. The minimum Gasteiger partial charge on any atom is -0.393 e. The van der Waals surface area contributed by atoms with Crippen LogP contribution in [0.3, 0.4) is 0 Å². The van der Waals surface area contributed by atoms with Crippen molar-refractivity contribution in [2.45, 2.75) is 63.2 Å². The molecule has 16 heavy (non-hydrogen) atoms. The molecule has 1 amide bonds.